The second-order valence-electron chi connectivity index (χ2n) is 5.19. The standard InChI is InChI=1S/C17H20ClN3O2/c1-12-15(9-10-17(22)20(3)23-4)13(2)21(19-12)11-14-7-5-6-8-16(14)18/h5-10H,11H2,1-4H3/b10-9+. The minimum absolute atomic E-state index is 0.231. The fraction of sp³-hybridized carbons (Fsp3) is 0.294. The zero-order valence-corrected chi connectivity index (χ0v) is 14.5. The van der Waals surface area contributed by atoms with Gasteiger partial charge < -0.3 is 0 Å². The maximum atomic E-state index is 11.8. The third kappa shape index (κ3) is 4.00. The number of carbonyl (C=O) groups is 1. The van der Waals surface area contributed by atoms with Crippen LogP contribution in [0.4, 0.5) is 0 Å². The van der Waals surface area contributed by atoms with E-state index >= 15 is 0 Å². The molecule has 23 heavy (non-hydrogen) atoms. The lowest BCUT2D eigenvalue weighted by atomic mass is 10.1. The molecule has 1 amide bonds. The summed E-state index contributed by atoms with van der Waals surface area (Å²) in [6.45, 7) is 4.48. The molecule has 1 aromatic carbocycles. The van der Waals surface area contributed by atoms with Crippen molar-refractivity contribution in [3.8, 4) is 0 Å². The Hall–Kier alpha value is -2.11. The van der Waals surface area contributed by atoms with E-state index in [9.17, 15) is 4.79 Å². The number of nitrogens with zero attached hydrogens (tertiary/aromatic N) is 3. The topological polar surface area (TPSA) is 47.4 Å². The monoisotopic (exact) mass is 333 g/mol. The van der Waals surface area contributed by atoms with E-state index in [0.29, 0.717) is 11.6 Å². The van der Waals surface area contributed by atoms with E-state index in [1.165, 1.54) is 13.2 Å². The van der Waals surface area contributed by atoms with Crippen LogP contribution in [0.5, 0.6) is 0 Å². The van der Waals surface area contributed by atoms with Crippen molar-refractivity contribution in [2.75, 3.05) is 14.2 Å². The van der Waals surface area contributed by atoms with Crippen LogP contribution >= 0.6 is 11.6 Å². The molecular formula is C17H20ClN3O2. The van der Waals surface area contributed by atoms with E-state index in [2.05, 4.69) is 5.10 Å². The number of halogens is 1. The molecule has 1 aromatic heterocycles. The Balaban J connectivity index is 2.24. The first-order chi connectivity index (χ1) is 10.9. The van der Waals surface area contributed by atoms with Crippen molar-refractivity contribution in [2.45, 2.75) is 20.4 Å². The molecule has 0 aliphatic rings. The molecule has 0 aliphatic carbocycles. The SMILES string of the molecule is CON(C)C(=O)/C=C/c1c(C)nn(Cc2ccccc2Cl)c1C. The highest BCUT2D eigenvalue weighted by Crippen LogP contribution is 2.20. The Kier molecular flexibility index (Phi) is 5.58. The van der Waals surface area contributed by atoms with Crippen molar-refractivity contribution < 1.29 is 9.63 Å². The second kappa shape index (κ2) is 7.44. The van der Waals surface area contributed by atoms with Gasteiger partial charge in [-0.25, -0.2) is 5.06 Å². The average molecular weight is 334 g/mol. The average Bonchev–Trinajstić information content (AvgIpc) is 2.80. The number of amides is 1. The Morgan fingerprint density at radius 2 is 2.09 bits per heavy atom. The normalized spacial score (nSPS) is 11.2. The van der Waals surface area contributed by atoms with Gasteiger partial charge in [-0.05, 0) is 31.6 Å². The summed E-state index contributed by atoms with van der Waals surface area (Å²) in [4.78, 5) is 16.6. The van der Waals surface area contributed by atoms with Crippen molar-refractivity contribution in [1.82, 2.24) is 14.8 Å². The van der Waals surface area contributed by atoms with Gasteiger partial charge in [0.15, 0.2) is 0 Å². The van der Waals surface area contributed by atoms with E-state index in [0.717, 1.165) is 27.6 Å². The number of hydrogen-bond donors (Lipinski definition) is 0. The van der Waals surface area contributed by atoms with Crippen LogP contribution < -0.4 is 0 Å². The van der Waals surface area contributed by atoms with E-state index in [-0.39, 0.29) is 5.91 Å². The van der Waals surface area contributed by atoms with E-state index in [4.69, 9.17) is 16.4 Å². The van der Waals surface area contributed by atoms with Gasteiger partial charge in [-0.2, -0.15) is 5.10 Å². The molecule has 2 aromatic rings. The van der Waals surface area contributed by atoms with Crippen LogP contribution in [0.3, 0.4) is 0 Å². The van der Waals surface area contributed by atoms with Crippen molar-refractivity contribution in [2.24, 2.45) is 0 Å². The van der Waals surface area contributed by atoms with Crippen LogP contribution in [-0.2, 0) is 16.2 Å². The van der Waals surface area contributed by atoms with Gasteiger partial charge in [0.1, 0.15) is 0 Å². The van der Waals surface area contributed by atoms with Gasteiger partial charge in [0, 0.05) is 29.4 Å². The molecule has 0 N–H and O–H groups in total. The number of hydroxylamine groups is 2. The predicted molar refractivity (Wildman–Crippen MR) is 91.1 cm³/mol. The highest BCUT2D eigenvalue weighted by atomic mass is 35.5. The lowest BCUT2D eigenvalue weighted by Crippen LogP contribution is -2.22. The summed E-state index contributed by atoms with van der Waals surface area (Å²) in [5, 5.41) is 6.42. The smallest absolute Gasteiger partial charge is 0.269 e. The fourth-order valence-corrected chi connectivity index (χ4v) is 2.44. The third-order valence-electron chi connectivity index (χ3n) is 3.69. The van der Waals surface area contributed by atoms with Gasteiger partial charge in [0.25, 0.3) is 5.91 Å². The summed E-state index contributed by atoms with van der Waals surface area (Å²) in [6.07, 6.45) is 3.24. The van der Waals surface area contributed by atoms with Crippen LogP contribution in [0.2, 0.25) is 5.02 Å². The number of aromatic nitrogens is 2. The zero-order valence-electron chi connectivity index (χ0n) is 13.7. The first kappa shape index (κ1) is 17.2. The van der Waals surface area contributed by atoms with Crippen LogP contribution in [0.25, 0.3) is 6.08 Å². The molecule has 5 nitrogen and oxygen atoms in total. The molecule has 122 valence electrons. The Bertz CT molecular complexity index is 737. The summed E-state index contributed by atoms with van der Waals surface area (Å²) in [6, 6.07) is 7.69. The molecule has 0 radical (unpaired) electrons. The van der Waals surface area contributed by atoms with Gasteiger partial charge in [0.2, 0.25) is 0 Å². The van der Waals surface area contributed by atoms with E-state index in [1.807, 2.05) is 42.8 Å². The minimum Gasteiger partial charge on any atom is -0.274 e. The van der Waals surface area contributed by atoms with Gasteiger partial charge in [-0.3, -0.25) is 14.3 Å². The number of rotatable bonds is 5. The fourth-order valence-electron chi connectivity index (χ4n) is 2.24. The Morgan fingerprint density at radius 3 is 2.74 bits per heavy atom. The number of benzene rings is 1. The first-order valence-electron chi connectivity index (χ1n) is 7.21. The molecule has 0 unspecified atom stereocenters. The summed E-state index contributed by atoms with van der Waals surface area (Å²) in [5.41, 5.74) is 3.77. The minimum atomic E-state index is -0.231. The highest BCUT2D eigenvalue weighted by Gasteiger charge is 2.11. The number of aryl methyl sites for hydroxylation is 1. The third-order valence-corrected chi connectivity index (χ3v) is 4.06. The number of carbonyl (C=O) groups excluding carboxylic acids is 1. The van der Waals surface area contributed by atoms with Crippen molar-refractivity contribution in [1.29, 1.82) is 0 Å². The molecule has 6 heteroatoms. The Labute approximate surface area is 141 Å². The second-order valence-corrected chi connectivity index (χ2v) is 5.59. The molecule has 0 bridgehead atoms. The molecule has 0 atom stereocenters. The lowest BCUT2D eigenvalue weighted by molar-refractivity contribution is -0.162. The largest absolute Gasteiger partial charge is 0.274 e. The van der Waals surface area contributed by atoms with Gasteiger partial charge >= 0.3 is 0 Å². The first-order valence-corrected chi connectivity index (χ1v) is 7.59. The van der Waals surface area contributed by atoms with Crippen LogP contribution in [-0.4, -0.2) is 34.9 Å². The quantitative estimate of drug-likeness (QED) is 0.623. The molecule has 0 saturated carbocycles. The summed E-state index contributed by atoms with van der Waals surface area (Å²) in [5.74, 6) is -0.231. The van der Waals surface area contributed by atoms with Crippen molar-refractivity contribution in [3.05, 3.63) is 57.9 Å². The number of likely N-dealkylation sites (N-methyl/N-ethyl adjacent to an activating group) is 1. The van der Waals surface area contributed by atoms with Crippen LogP contribution in [0, 0.1) is 13.8 Å². The highest BCUT2D eigenvalue weighted by molar-refractivity contribution is 6.31. The van der Waals surface area contributed by atoms with E-state index < -0.39 is 0 Å². The van der Waals surface area contributed by atoms with Gasteiger partial charge in [0.05, 0.1) is 19.3 Å². The molecule has 0 saturated heterocycles. The molecule has 2 rings (SSSR count). The summed E-state index contributed by atoms with van der Waals surface area (Å²) in [7, 11) is 3.01. The zero-order chi connectivity index (χ0) is 17.0. The van der Waals surface area contributed by atoms with Crippen LogP contribution in [0.1, 0.15) is 22.5 Å². The molecular weight excluding hydrogens is 314 g/mol. The van der Waals surface area contributed by atoms with E-state index in [1.54, 1.807) is 13.1 Å². The maximum Gasteiger partial charge on any atom is 0.269 e. The number of hydrogen-bond acceptors (Lipinski definition) is 3. The van der Waals surface area contributed by atoms with Crippen molar-refractivity contribution in [3.63, 3.8) is 0 Å². The molecule has 0 fully saturated rings. The lowest BCUT2D eigenvalue weighted by Gasteiger charge is -2.10. The Morgan fingerprint density at radius 1 is 1.39 bits per heavy atom. The van der Waals surface area contributed by atoms with Crippen molar-refractivity contribution >= 4 is 23.6 Å². The summed E-state index contributed by atoms with van der Waals surface area (Å²) >= 11 is 6.21. The maximum absolute atomic E-state index is 11.8. The summed E-state index contributed by atoms with van der Waals surface area (Å²) < 4.78 is 1.89. The molecule has 1 heterocycles. The van der Waals surface area contributed by atoms with Gasteiger partial charge in [-0.1, -0.05) is 29.8 Å². The van der Waals surface area contributed by atoms with Gasteiger partial charge in [-0.15, -0.1) is 0 Å². The predicted octanol–water partition coefficient (Wildman–Crippen LogP) is 3.23. The molecule has 0 spiro atoms. The van der Waals surface area contributed by atoms with Crippen LogP contribution in [0.15, 0.2) is 30.3 Å². The molecule has 0 aliphatic heterocycles.